The molecule has 0 amide bonds. The lowest BCUT2D eigenvalue weighted by molar-refractivity contribution is -0.137. The molecule has 0 aliphatic rings. The van der Waals surface area contributed by atoms with Gasteiger partial charge in [-0.2, -0.15) is 22.5 Å². The molecule has 2 N–H and O–H groups in total. The molecule has 1 aromatic carbocycles. The van der Waals surface area contributed by atoms with Gasteiger partial charge in [-0.1, -0.05) is 12.1 Å². The van der Waals surface area contributed by atoms with Crippen molar-refractivity contribution in [3.05, 3.63) is 35.9 Å². The molecule has 0 saturated carbocycles. The Morgan fingerprint density at radius 2 is 1.80 bits per heavy atom. The van der Waals surface area contributed by atoms with E-state index in [4.69, 9.17) is 5.73 Å². The van der Waals surface area contributed by atoms with Crippen molar-refractivity contribution in [2.75, 3.05) is 5.73 Å². The summed E-state index contributed by atoms with van der Waals surface area (Å²) in [6, 6.07) is 6.75. The van der Waals surface area contributed by atoms with Crippen molar-refractivity contribution in [3.8, 4) is 11.5 Å². The fourth-order valence-corrected chi connectivity index (χ4v) is 2.20. The number of hydrogen-bond acceptors (Lipinski definition) is 5. The SMILES string of the molecule is Nc1nc(-c2ccc3ccc(C(F)(F)F)cc3n2)ns1. The predicted octanol–water partition coefficient (Wildman–Crippen LogP) is 3.35. The van der Waals surface area contributed by atoms with Crippen LogP contribution in [0.1, 0.15) is 5.56 Å². The maximum Gasteiger partial charge on any atom is 0.416 e. The minimum Gasteiger partial charge on any atom is -0.374 e. The van der Waals surface area contributed by atoms with Gasteiger partial charge in [0.25, 0.3) is 0 Å². The van der Waals surface area contributed by atoms with Crippen molar-refractivity contribution >= 4 is 27.6 Å². The normalized spacial score (nSPS) is 11.9. The van der Waals surface area contributed by atoms with Gasteiger partial charge in [-0.25, -0.2) is 4.98 Å². The second-order valence-electron chi connectivity index (χ2n) is 4.06. The molecular formula is C12H7F3N4S. The first-order valence-electron chi connectivity index (χ1n) is 5.51. The zero-order valence-electron chi connectivity index (χ0n) is 9.85. The van der Waals surface area contributed by atoms with Crippen molar-refractivity contribution in [3.63, 3.8) is 0 Å². The van der Waals surface area contributed by atoms with E-state index in [-0.39, 0.29) is 10.6 Å². The Labute approximate surface area is 115 Å². The highest BCUT2D eigenvalue weighted by Crippen LogP contribution is 2.31. The molecule has 8 heteroatoms. The van der Waals surface area contributed by atoms with Crippen LogP contribution in [-0.2, 0) is 6.18 Å². The third kappa shape index (κ3) is 2.29. The van der Waals surface area contributed by atoms with Gasteiger partial charge in [0, 0.05) is 16.9 Å². The summed E-state index contributed by atoms with van der Waals surface area (Å²) in [6.45, 7) is 0. The number of rotatable bonds is 1. The molecule has 3 aromatic rings. The molecule has 0 radical (unpaired) electrons. The van der Waals surface area contributed by atoms with Gasteiger partial charge in [0.05, 0.1) is 11.1 Å². The highest BCUT2D eigenvalue weighted by Gasteiger charge is 2.30. The number of anilines is 1. The van der Waals surface area contributed by atoms with Crippen molar-refractivity contribution in [2.24, 2.45) is 0 Å². The molecule has 3 rings (SSSR count). The molecule has 0 saturated heterocycles. The molecular weight excluding hydrogens is 289 g/mol. The van der Waals surface area contributed by atoms with E-state index in [2.05, 4.69) is 14.3 Å². The van der Waals surface area contributed by atoms with Crippen molar-refractivity contribution < 1.29 is 13.2 Å². The smallest absolute Gasteiger partial charge is 0.374 e. The van der Waals surface area contributed by atoms with Crippen LogP contribution in [0.4, 0.5) is 18.3 Å². The number of benzene rings is 1. The molecule has 2 aromatic heterocycles. The van der Waals surface area contributed by atoms with Gasteiger partial charge < -0.3 is 5.73 Å². The van der Waals surface area contributed by atoms with Gasteiger partial charge in [-0.3, -0.25) is 0 Å². The molecule has 0 aliphatic heterocycles. The quantitative estimate of drug-likeness (QED) is 0.748. The Hall–Kier alpha value is -2.22. The Morgan fingerprint density at radius 3 is 2.45 bits per heavy atom. The largest absolute Gasteiger partial charge is 0.416 e. The fraction of sp³-hybridized carbons (Fsp3) is 0.0833. The van der Waals surface area contributed by atoms with Crippen LogP contribution in [0.5, 0.6) is 0 Å². The van der Waals surface area contributed by atoms with Crippen molar-refractivity contribution in [1.29, 1.82) is 0 Å². The van der Waals surface area contributed by atoms with Gasteiger partial charge >= 0.3 is 6.18 Å². The number of nitrogen functional groups attached to an aromatic ring is 1. The zero-order valence-corrected chi connectivity index (χ0v) is 10.7. The summed E-state index contributed by atoms with van der Waals surface area (Å²) in [5, 5.41) is 0.899. The van der Waals surface area contributed by atoms with E-state index in [0.29, 0.717) is 16.9 Å². The molecule has 2 heterocycles. The van der Waals surface area contributed by atoms with E-state index in [9.17, 15) is 13.2 Å². The third-order valence-electron chi connectivity index (χ3n) is 2.69. The summed E-state index contributed by atoms with van der Waals surface area (Å²) in [6.07, 6.45) is -4.39. The van der Waals surface area contributed by atoms with Crippen LogP contribution in [-0.4, -0.2) is 14.3 Å². The van der Waals surface area contributed by atoms with E-state index in [0.717, 1.165) is 23.7 Å². The second kappa shape index (κ2) is 4.41. The van der Waals surface area contributed by atoms with Crippen LogP contribution in [0.2, 0.25) is 0 Å². The Kier molecular flexibility index (Phi) is 2.82. The lowest BCUT2D eigenvalue weighted by atomic mass is 10.1. The number of halogens is 3. The number of aromatic nitrogens is 3. The number of fused-ring (bicyclic) bond motifs is 1. The standard InChI is InChI=1S/C12H7F3N4S/c13-12(14,15)7-3-1-6-2-4-8(17-9(6)5-7)10-18-11(16)20-19-10/h1-5H,(H2,16,18,19). The molecule has 102 valence electrons. The number of alkyl halides is 3. The van der Waals surface area contributed by atoms with E-state index >= 15 is 0 Å². The average Bonchev–Trinajstić information content (AvgIpc) is 2.83. The molecule has 0 unspecified atom stereocenters. The maximum absolute atomic E-state index is 12.7. The lowest BCUT2D eigenvalue weighted by Gasteiger charge is -2.07. The van der Waals surface area contributed by atoms with E-state index in [1.165, 1.54) is 6.07 Å². The summed E-state index contributed by atoms with van der Waals surface area (Å²) in [5.74, 6) is 0.312. The highest BCUT2D eigenvalue weighted by molar-refractivity contribution is 7.09. The fourth-order valence-electron chi connectivity index (χ4n) is 1.76. The number of nitrogens with zero attached hydrogens (tertiary/aromatic N) is 3. The van der Waals surface area contributed by atoms with Gasteiger partial charge in [-0.15, -0.1) is 0 Å². The van der Waals surface area contributed by atoms with E-state index < -0.39 is 11.7 Å². The van der Waals surface area contributed by atoms with Gasteiger partial charge in [0.15, 0.2) is 11.0 Å². The topological polar surface area (TPSA) is 64.7 Å². The van der Waals surface area contributed by atoms with Crippen LogP contribution >= 0.6 is 11.5 Å². The van der Waals surface area contributed by atoms with Gasteiger partial charge in [0.1, 0.15) is 5.69 Å². The van der Waals surface area contributed by atoms with Crippen LogP contribution in [0.25, 0.3) is 22.4 Å². The summed E-state index contributed by atoms with van der Waals surface area (Å²) < 4.78 is 42.0. The van der Waals surface area contributed by atoms with Gasteiger partial charge in [-0.05, 0) is 18.2 Å². The molecule has 0 atom stereocenters. The molecule has 0 fully saturated rings. The summed E-state index contributed by atoms with van der Waals surface area (Å²) in [7, 11) is 0. The summed E-state index contributed by atoms with van der Waals surface area (Å²) >= 11 is 1.01. The zero-order chi connectivity index (χ0) is 14.3. The molecule has 0 bridgehead atoms. The average molecular weight is 296 g/mol. The molecule has 20 heavy (non-hydrogen) atoms. The predicted molar refractivity (Wildman–Crippen MR) is 70.1 cm³/mol. The summed E-state index contributed by atoms with van der Waals surface area (Å²) in [5.41, 5.74) is 5.38. The van der Waals surface area contributed by atoms with Crippen LogP contribution < -0.4 is 5.73 Å². The Balaban J connectivity index is 2.14. The minimum absolute atomic E-state index is 0.241. The van der Waals surface area contributed by atoms with E-state index in [1.54, 1.807) is 12.1 Å². The van der Waals surface area contributed by atoms with E-state index in [1.807, 2.05) is 0 Å². The van der Waals surface area contributed by atoms with Crippen LogP contribution in [0.3, 0.4) is 0 Å². The first-order valence-corrected chi connectivity index (χ1v) is 6.28. The molecule has 4 nitrogen and oxygen atoms in total. The Bertz CT molecular complexity index is 782. The van der Waals surface area contributed by atoms with Crippen molar-refractivity contribution in [2.45, 2.75) is 6.18 Å². The third-order valence-corrected chi connectivity index (χ3v) is 3.23. The molecule has 0 spiro atoms. The van der Waals surface area contributed by atoms with Gasteiger partial charge in [0.2, 0.25) is 0 Å². The highest BCUT2D eigenvalue weighted by atomic mass is 32.1. The van der Waals surface area contributed by atoms with Crippen LogP contribution in [0, 0.1) is 0 Å². The minimum atomic E-state index is -4.39. The number of nitrogens with two attached hydrogens (primary N) is 1. The number of hydrogen-bond donors (Lipinski definition) is 1. The monoisotopic (exact) mass is 296 g/mol. The van der Waals surface area contributed by atoms with Crippen LogP contribution in [0.15, 0.2) is 30.3 Å². The van der Waals surface area contributed by atoms with Crippen molar-refractivity contribution in [1.82, 2.24) is 14.3 Å². The summed E-state index contributed by atoms with van der Waals surface area (Å²) in [4.78, 5) is 8.12. The first kappa shape index (κ1) is 12.8. The maximum atomic E-state index is 12.7. The first-order chi connectivity index (χ1) is 9.43. The number of pyridine rings is 1. The lowest BCUT2D eigenvalue weighted by Crippen LogP contribution is -2.04. The second-order valence-corrected chi connectivity index (χ2v) is 4.84. The Morgan fingerprint density at radius 1 is 1.05 bits per heavy atom. The molecule has 0 aliphatic carbocycles.